The first kappa shape index (κ1) is 95.8. The van der Waals surface area contributed by atoms with E-state index in [1.54, 1.807) is 236 Å². The molecule has 31 heteroatoms. The van der Waals surface area contributed by atoms with Gasteiger partial charge in [-0.25, -0.2) is 42.9 Å². The van der Waals surface area contributed by atoms with E-state index in [4.69, 9.17) is 32.3 Å². The van der Waals surface area contributed by atoms with E-state index in [2.05, 4.69) is 39.0 Å². The minimum absolute atomic E-state index is 0.00618. The van der Waals surface area contributed by atoms with Crippen LogP contribution in [0.3, 0.4) is 0 Å². The first-order chi connectivity index (χ1) is 59.8. The van der Waals surface area contributed by atoms with E-state index < -0.39 is 51.7 Å². The monoisotopic (exact) mass is 1760 g/mol. The number of nitrogens with zero attached hydrogens (tertiary/aromatic N) is 5. The topological polar surface area (TPSA) is 369 Å². The Morgan fingerprint density at radius 1 is 0.408 bits per heavy atom. The molecule has 27 nitrogen and oxygen atoms in total. The Hall–Kier alpha value is -13.0. The third kappa shape index (κ3) is 26.3. The number of nitriles is 1. The fourth-order valence-electron chi connectivity index (χ4n) is 12.6. The fraction of sp³-hybridized carbons (Fsp3) is 0.213. The average Bonchev–Trinajstić information content (AvgIpc) is 0.795. The van der Waals surface area contributed by atoms with E-state index in [1.165, 1.54) is 54.8 Å². The molecule has 3 aliphatic rings. The summed E-state index contributed by atoms with van der Waals surface area (Å²) in [7, 11) is -10.8. The molecule has 0 aliphatic carbocycles. The highest BCUT2D eigenvalue weighted by molar-refractivity contribution is 7.98. The largest absolute Gasteiger partial charge is 0.379 e. The van der Waals surface area contributed by atoms with Crippen LogP contribution in [-0.2, 0) is 66.8 Å². The summed E-state index contributed by atoms with van der Waals surface area (Å²) >= 11 is 0. The number of urea groups is 1. The van der Waals surface area contributed by atoms with Crippen LogP contribution < -0.4 is 21.3 Å². The van der Waals surface area contributed by atoms with Gasteiger partial charge in [-0.05, 0) is 164 Å². The summed E-state index contributed by atoms with van der Waals surface area (Å²) in [6.07, 6.45) is 11.0. The van der Waals surface area contributed by atoms with Crippen LogP contribution in [0.2, 0.25) is 0 Å². The molecule has 0 spiro atoms. The summed E-state index contributed by atoms with van der Waals surface area (Å²) in [6, 6.07) is 67.5. The zero-order valence-electron chi connectivity index (χ0n) is 69.3. The van der Waals surface area contributed by atoms with E-state index in [-0.39, 0.29) is 86.7 Å². The smallest absolute Gasteiger partial charge is 0.323 e. The van der Waals surface area contributed by atoms with Crippen molar-refractivity contribution in [1.29, 1.82) is 5.26 Å². The number of terminal acetylenes is 2. The number of Topliss-reactive ketones (excluding diaryl/α,β-unsaturated/α-hetero) is 5. The highest BCUT2D eigenvalue weighted by atomic mass is 32.2. The second kappa shape index (κ2) is 45.4. The van der Waals surface area contributed by atoms with Crippen LogP contribution in [0.5, 0.6) is 0 Å². The minimum Gasteiger partial charge on any atom is -0.379 e. The molecule has 4 N–H and O–H groups in total. The molecule has 13 rings (SSSR count). The van der Waals surface area contributed by atoms with Crippen LogP contribution >= 0.6 is 0 Å². The SMILES string of the molecule is C#Cc1ccc(C(=O)Cc2ccccc2S(=O)(=O)N(C)C)cc1.C#Cc1cccc(C(=O)Cc2ccccc2S(=O)(=O)N2CCOCC2)c1.C=S(=O)(c1ccccc1NC(=O)c1ccc(C#N)cc1)N1CCOCC1.CC(=O)c1cccc(C(=O)Nc2ccccc2S(=O)(=O)N2CCOCC2)c1.CCC(=O)c1ccccc1NC(=O)Nc1ccc(C(C)=O)cc1. The molecule has 1 atom stereocenters. The van der Waals surface area contributed by atoms with E-state index in [0.717, 1.165) is 4.31 Å². The highest BCUT2D eigenvalue weighted by Gasteiger charge is 2.32. The van der Waals surface area contributed by atoms with Gasteiger partial charge in [-0.15, -0.1) is 12.8 Å². The van der Waals surface area contributed by atoms with Crippen molar-refractivity contribution < 1.29 is 82.0 Å². The number of nitrogens with one attached hydrogen (secondary N) is 4. The molecule has 0 radical (unpaired) electrons. The van der Waals surface area contributed by atoms with E-state index in [9.17, 15) is 67.8 Å². The van der Waals surface area contributed by atoms with Crippen molar-refractivity contribution in [2.75, 3.05) is 114 Å². The maximum atomic E-state index is 13.3. The lowest BCUT2D eigenvalue weighted by atomic mass is 10.0. The van der Waals surface area contributed by atoms with Gasteiger partial charge in [0.15, 0.2) is 28.9 Å². The third-order valence-electron chi connectivity index (χ3n) is 19.5. The lowest BCUT2D eigenvalue weighted by Gasteiger charge is -2.30. The molecule has 0 bridgehead atoms. The summed E-state index contributed by atoms with van der Waals surface area (Å²) < 4.78 is 111. The van der Waals surface area contributed by atoms with Gasteiger partial charge in [-0.2, -0.15) is 13.9 Å². The summed E-state index contributed by atoms with van der Waals surface area (Å²) in [5, 5.41) is 19.7. The van der Waals surface area contributed by atoms with Crippen LogP contribution in [-0.4, -0.2) is 192 Å². The van der Waals surface area contributed by atoms with Crippen LogP contribution in [0, 0.1) is 36.0 Å². The van der Waals surface area contributed by atoms with E-state index >= 15 is 0 Å². The molecule has 125 heavy (non-hydrogen) atoms. The number of carbonyl (C=O) groups is 8. The molecule has 3 aliphatic heterocycles. The van der Waals surface area contributed by atoms with Crippen LogP contribution in [0.1, 0.15) is 128 Å². The zero-order chi connectivity index (χ0) is 90.4. The van der Waals surface area contributed by atoms with Crippen LogP contribution in [0.15, 0.2) is 262 Å². The third-order valence-corrected chi connectivity index (χ3v) is 27.6. The number of rotatable bonds is 24. The predicted octanol–water partition coefficient (Wildman–Crippen LogP) is 12.9. The Kier molecular flexibility index (Phi) is 34.8. The molecule has 3 fully saturated rings. The molecule has 4 amide bonds. The second-order valence-corrected chi connectivity index (χ2v) is 36.3. The summed E-state index contributed by atoms with van der Waals surface area (Å²) in [5.74, 6) is 7.55. The van der Waals surface area contributed by atoms with Gasteiger partial charge in [0, 0.05) is 128 Å². The summed E-state index contributed by atoms with van der Waals surface area (Å²) in [5.41, 5.74) is 7.59. The number of benzene rings is 10. The van der Waals surface area contributed by atoms with Crippen molar-refractivity contribution in [2.45, 2.75) is 59.6 Å². The molecule has 10 aromatic rings. The molecular formula is C94H93N9O18S4. The van der Waals surface area contributed by atoms with Crippen molar-refractivity contribution in [1.82, 2.24) is 17.2 Å². The first-order valence-electron chi connectivity index (χ1n) is 39.2. The lowest BCUT2D eigenvalue weighted by molar-refractivity contribution is 0.0730. The van der Waals surface area contributed by atoms with Gasteiger partial charge >= 0.3 is 6.03 Å². The molecule has 646 valence electrons. The summed E-state index contributed by atoms with van der Waals surface area (Å²) in [6.45, 7) is 9.34. The molecule has 3 saturated heterocycles. The Morgan fingerprint density at radius 3 is 1.35 bits per heavy atom. The quantitative estimate of drug-likeness (QED) is 0.0248. The number of sulfonamides is 3. The maximum Gasteiger partial charge on any atom is 0.323 e. The Balaban J connectivity index is 0.000000177. The van der Waals surface area contributed by atoms with Crippen molar-refractivity contribution >= 4 is 115 Å². The van der Waals surface area contributed by atoms with Crippen LogP contribution in [0.25, 0.3) is 0 Å². The predicted molar refractivity (Wildman–Crippen MR) is 480 cm³/mol. The summed E-state index contributed by atoms with van der Waals surface area (Å²) in [4.78, 5) is 97.7. The Labute approximate surface area is 729 Å². The number of hydrogen-bond acceptors (Lipinski definition) is 19. The number of para-hydroxylation sites is 3. The minimum atomic E-state index is -3.76. The van der Waals surface area contributed by atoms with Gasteiger partial charge in [0.05, 0.1) is 92.7 Å². The molecule has 3 heterocycles. The Morgan fingerprint density at radius 2 is 0.824 bits per heavy atom. The number of amides is 4. The molecule has 0 aromatic heterocycles. The molecule has 10 aromatic carbocycles. The van der Waals surface area contributed by atoms with E-state index in [1.807, 2.05) is 6.07 Å². The molecule has 1 unspecified atom stereocenters. The standard InChI is InChI=1S/C20H19NO4S.C19H19N3O3S.C19H20N2O5S.C18H18N2O3.C18H17NO3S/c1-2-16-6-5-8-17(14-16)19(22)15-18-7-3-4-9-20(18)26(23,24)21-10-12-25-13-11-21;1-26(24,22-10-12-25-13-11-22)18-5-3-2-4-17(18)21-19(23)16-8-6-15(14-20)7-9-16;1-14(22)15-5-4-6-16(13-15)19(23)20-17-7-2-3-8-18(17)27(24,25)21-9-11-26-12-10-21;1-3-17(22)15-6-4-5-7-16(15)20-18(23)19-14-10-8-13(9-11-14)12(2)21;1-4-14-9-11-15(12-10-14)17(20)13-16-7-5-6-8-18(16)23(21,22)19(2)3/h1,3-9,14H,10-13,15H2;2-9H,1,10-13H2,(H,21,23);2-8,13H,9-12H2,1H3,(H,20,23);4-11H,3H2,1-2H3,(H2,19,20,23);1,5-12H,13H2,2-3H3. The zero-order valence-corrected chi connectivity index (χ0v) is 72.5. The van der Waals surface area contributed by atoms with E-state index in [0.29, 0.717) is 155 Å². The number of hydrogen-bond donors (Lipinski definition) is 4. The van der Waals surface area contributed by atoms with Gasteiger partial charge in [0.25, 0.3) is 11.8 Å². The number of ketones is 5. The van der Waals surface area contributed by atoms with Gasteiger partial charge in [-0.1, -0.05) is 128 Å². The van der Waals surface area contributed by atoms with Crippen molar-refractivity contribution in [3.8, 4) is 30.8 Å². The maximum absolute atomic E-state index is 13.3. The normalized spacial score (nSPS) is 13.9. The molecular weight excluding hydrogens is 1670 g/mol. The van der Waals surface area contributed by atoms with Crippen molar-refractivity contribution in [2.24, 2.45) is 0 Å². The number of carbonyl (C=O) groups excluding carboxylic acids is 8. The second-order valence-electron chi connectivity index (χ2n) is 28.1. The number of anilines is 4. The van der Waals surface area contributed by atoms with Gasteiger partial charge in [-0.3, -0.25) is 33.6 Å². The molecule has 0 saturated carbocycles. The van der Waals surface area contributed by atoms with Crippen LogP contribution in [0.4, 0.5) is 27.5 Å². The van der Waals surface area contributed by atoms with Crippen molar-refractivity contribution in [3.63, 3.8) is 0 Å². The van der Waals surface area contributed by atoms with Gasteiger partial charge in [0.2, 0.25) is 30.1 Å². The first-order valence-corrected chi connectivity index (χ1v) is 45.2. The number of ether oxygens (including phenoxy) is 3. The Bertz CT molecular complexity index is 6210. The van der Waals surface area contributed by atoms with Crippen molar-refractivity contribution in [3.05, 3.63) is 309 Å². The highest BCUT2D eigenvalue weighted by Crippen LogP contribution is 2.30. The van der Waals surface area contributed by atoms with Gasteiger partial charge < -0.3 is 35.5 Å². The number of morpholine rings is 3. The lowest BCUT2D eigenvalue weighted by Crippen LogP contribution is -2.41. The van der Waals surface area contributed by atoms with Gasteiger partial charge in [0.1, 0.15) is 4.90 Å². The average molecular weight is 1770 g/mol. The fourth-order valence-corrected chi connectivity index (χ4v) is 18.7.